The number of alkyl halides is 3. The first-order chi connectivity index (χ1) is 16.9. The molecule has 192 valence electrons. The van der Waals surface area contributed by atoms with Crippen molar-refractivity contribution in [1.82, 2.24) is 4.90 Å². The molecule has 0 bridgehead atoms. The molecule has 1 aliphatic rings. The third kappa shape index (κ3) is 6.35. The van der Waals surface area contributed by atoms with Crippen molar-refractivity contribution < 1.29 is 42.1 Å². The average Bonchev–Trinajstić information content (AvgIpc) is 3.06. The van der Waals surface area contributed by atoms with E-state index < -0.39 is 29.4 Å². The van der Waals surface area contributed by atoms with E-state index in [1.165, 1.54) is 24.2 Å². The van der Waals surface area contributed by atoms with Crippen LogP contribution in [-0.4, -0.2) is 45.0 Å². The summed E-state index contributed by atoms with van der Waals surface area (Å²) in [5.74, 6) is -2.64. The molecule has 1 aliphatic heterocycles. The highest BCUT2D eigenvalue weighted by molar-refractivity contribution is 8.26. The van der Waals surface area contributed by atoms with Crippen LogP contribution in [0.4, 0.5) is 17.6 Å². The molecular weight excluding hydrogens is 522 g/mol. The highest BCUT2D eigenvalue weighted by Gasteiger charge is 2.33. The maximum Gasteiger partial charge on any atom is 0.416 e. The number of amides is 1. The van der Waals surface area contributed by atoms with Crippen LogP contribution in [0.1, 0.15) is 36.8 Å². The molecule has 1 heterocycles. The number of halogens is 4. The van der Waals surface area contributed by atoms with Gasteiger partial charge < -0.3 is 14.9 Å². The molecule has 2 aromatic carbocycles. The third-order valence-corrected chi connectivity index (χ3v) is 6.74. The van der Waals surface area contributed by atoms with Crippen molar-refractivity contribution in [2.75, 3.05) is 13.7 Å². The van der Waals surface area contributed by atoms with Crippen molar-refractivity contribution in [3.8, 4) is 22.6 Å². The maximum atomic E-state index is 14.6. The average molecular weight is 544 g/mol. The summed E-state index contributed by atoms with van der Waals surface area (Å²) in [6.45, 7) is 0.289. The summed E-state index contributed by atoms with van der Waals surface area (Å²) >= 11 is 6.25. The summed E-state index contributed by atoms with van der Waals surface area (Å²) in [6, 6.07) is 4.35. The number of hydrogen-bond acceptors (Lipinski definition) is 6. The van der Waals surface area contributed by atoms with E-state index in [2.05, 4.69) is 0 Å². The molecule has 1 fully saturated rings. The summed E-state index contributed by atoms with van der Waals surface area (Å²) in [5.41, 5.74) is -1.42. The minimum absolute atomic E-state index is 0.0316. The first kappa shape index (κ1) is 27.5. The highest BCUT2D eigenvalue weighted by Crippen LogP contribution is 2.41. The lowest BCUT2D eigenvalue weighted by Gasteiger charge is -2.15. The predicted molar refractivity (Wildman–Crippen MR) is 131 cm³/mol. The van der Waals surface area contributed by atoms with Crippen LogP contribution < -0.4 is 4.74 Å². The Morgan fingerprint density at radius 2 is 1.89 bits per heavy atom. The summed E-state index contributed by atoms with van der Waals surface area (Å²) < 4.78 is 59.6. The second-order valence-electron chi connectivity index (χ2n) is 7.84. The Morgan fingerprint density at radius 1 is 1.17 bits per heavy atom. The molecule has 2 N–H and O–H groups in total. The quantitative estimate of drug-likeness (QED) is 0.172. The van der Waals surface area contributed by atoms with Crippen LogP contribution in [0.3, 0.4) is 0 Å². The lowest BCUT2D eigenvalue weighted by Crippen LogP contribution is -2.29. The number of carbonyl (C=O) groups is 2. The molecule has 0 aliphatic carbocycles. The number of rotatable bonds is 9. The van der Waals surface area contributed by atoms with Crippen LogP contribution in [0, 0.1) is 5.82 Å². The number of nitrogens with zero attached hydrogens (tertiary/aromatic N) is 1. The van der Waals surface area contributed by atoms with E-state index in [9.17, 15) is 32.3 Å². The van der Waals surface area contributed by atoms with Crippen molar-refractivity contribution in [2.24, 2.45) is 0 Å². The molecule has 0 aromatic heterocycles. The number of aliphatic carboxylic acids is 1. The van der Waals surface area contributed by atoms with E-state index in [0.29, 0.717) is 37.5 Å². The number of unbranched alkanes of at least 4 members (excludes halogenated alkanes) is 2. The van der Waals surface area contributed by atoms with Gasteiger partial charge in [-0.15, -0.1) is 0 Å². The zero-order valence-electron chi connectivity index (χ0n) is 18.9. The molecule has 0 unspecified atom stereocenters. The second kappa shape index (κ2) is 11.3. The largest absolute Gasteiger partial charge is 0.507 e. The number of carboxylic acid groups (broad SMARTS) is 1. The van der Waals surface area contributed by atoms with Gasteiger partial charge in [-0.05, 0) is 43.2 Å². The zero-order chi connectivity index (χ0) is 26.6. The molecule has 6 nitrogen and oxygen atoms in total. The topological polar surface area (TPSA) is 87.1 Å². The van der Waals surface area contributed by atoms with Crippen LogP contribution in [0.25, 0.3) is 17.2 Å². The number of hydrogen-bond donors (Lipinski definition) is 2. The molecule has 0 spiro atoms. The van der Waals surface area contributed by atoms with Crippen LogP contribution in [0.2, 0.25) is 0 Å². The fourth-order valence-corrected chi connectivity index (χ4v) is 4.85. The van der Waals surface area contributed by atoms with Gasteiger partial charge in [0.25, 0.3) is 5.91 Å². The number of aromatic hydroxyl groups is 1. The minimum Gasteiger partial charge on any atom is -0.507 e. The van der Waals surface area contributed by atoms with Gasteiger partial charge in [0.2, 0.25) is 0 Å². The van der Waals surface area contributed by atoms with Crippen molar-refractivity contribution in [3.05, 3.63) is 52.2 Å². The molecular formula is C24H21F4NO5S2. The summed E-state index contributed by atoms with van der Waals surface area (Å²) in [7, 11) is 1.23. The first-order valence-electron chi connectivity index (χ1n) is 10.7. The second-order valence-corrected chi connectivity index (χ2v) is 9.52. The number of carboxylic acids is 1. The van der Waals surface area contributed by atoms with Crippen LogP contribution in [0.5, 0.6) is 11.5 Å². The third-order valence-electron chi connectivity index (χ3n) is 5.37. The molecule has 1 saturated heterocycles. The van der Waals surface area contributed by atoms with Crippen molar-refractivity contribution in [1.29, 1.82) is 0 Å². The molecule has 12 heteroatoms. The van der Waals surface area contributed by atoms with Crippen molar-refractivity contribution >= 4 is 46.3 Å². The number of ether oxygens (including phenoxy) is 1. The number of phenols is 1. The van der Waals surface area contributed by atoms with Gasteiger partial charge in [-0.3, -0.25) is 14.5 Å². The maximum absolute atomic E-state index is 14.6. The van der Waals surface area contributed by atoms with Gasteiger partial charge in [-0.2, -0.15) is 13.2 Å². The normalized spacial score (nSPS) is 15.1. The molecule has 36 heavy (non-hydrogen) atoms. The van der Waals surface area contributed by atoms with Gasteiger partial charge >= 0.3 is 12.1 Å². The Balaban J connectivity index is 1.91. The van der Waals surface area contributed by atoms with Crippen LogP contribution >= 0.6 is 24.0 Å². The van der Waals surface area contributed by atoms with E-state index >= 15 is 0 Å². The van der Waals surface area contributed by atoms with E-state index in [4.69, 9.17) is 22.1 Å². The lowest BCUT2D eigenvalue weighted by atomic mass is 9.98. The minimum atomic E-state index is -4.70. The standard InChI is InChI=1S/C24H21F4NO5S2/c1-34-19-12-18(30)13(9-16(19)15-11-14(24(26,27)28)6-7-17(15)25)10-20-22(33)29(23(35)36-20)8-4-2-3-5-21(31)32/h6-7,9-12,30H,2-5,8H2,1H3,(H,31,32). The fourth-order valence-electron chi connectivity index (χ4n) is 3.55. The smallest absolute Gasteiger partial charge is 0.416 e. The van der Waals surface area contributed by atoms with Crippen LogP contribution in [-0.2, 0) is 15.8 Å². The van der Waals surface area contributed by atoms with Crippen molar-refractivity contribution in [3.63, 3.8) is 0 Å². The Kier molecular flexibility index (Phi) is 8.62. The molecule has 2 aromatic rings. The molecule has 0 radical (unpaired) electrons. The predicted octanol–water partition coefficient (Wildman–Crippen LogP) is 6.07. The number of carbonyl (C=O) groups excluding carboxylic acids is 1. The monoisotopic (exact) mass is 543 g/mol. The SMILES string of the molecule is COc1cc(O)c(C=C2SC(=S)N(CCCCCC(=O)O)C2=O)cc1-c1cc(C(F)(F)F)ccc1F. The Morgan fingerprint density at radius 3 is 2.53 bits per heavy atom. The number of phenolic OH excluding ortho intramolecular Hbond substituents is 1. The Labute approximate surface area is 213 Å². The summed E-state index contributed by atoms with van der Waals surface area (Å²) in [4.78, 5) is 25.0. The summed E-state index contributed by atoms with van der Waals surface area (Å²) in [5, 5.41) is 19.2. The number of methoxy groups -OCH3 is 1. The molecule has 0 atom stereocenters. The Bertz CT molecular complexity index is 1230. The van der Waals surface area contributed by atoms with Gasteiger partial charge in [0.05, 0.1) is 17.6 Å². The van der Waals surface area contributed by atoms with E-state index in [-0.39, 0.29) is 50.4 Å². The Hall–Kier alpha value is -3.12. The van der Waals surface area contributed by atoms with Gasteiger partial charge in [0.1, 0.15) is 21.6 Å². The fraction of sp³-hybridized carbons (Fsp3) is 0.292. The van der Waals surface area contributed by atoms with E-state index in [1.807, 2.05) is 0 Å². The molecule has 3 rings (SSSR count). The van der Waals surface area contributed by atoms with E-state index in [0.717, 1.165) is 17.8 Å². The van der Waals surface area contributed by atoms with Gasteiger partial charge in [0.15, 0.2) is 0 Å². The number of benzene rings is 2. The number of thioether (sulfide) groups is 1. The molecule has 1 amide bonds. The highest BCUT2D eigenvalue weighted by atomic mass is 32.2. The van der Waals surface area contributed by atoms with Gasteiger partial charge in [-0.25, -0.2) is 4.39 Å². The van der Waals surface area contributed by atoms with E-state index in [1.54, 1.807) is 0 Å². The van der Waals surface area contributed by atoms with Crippen LogP contribution in [0.15, 0.2) is 35.2 Å². The molecule has 0 saturated carbocycles. The summed E-state index contributed by atoms with van der Waals surface area (Å²) in [6.07, 6.45) is -1.74. The van der Waals surface area contributed by atoms with Gasteiger partial charge in [0, 0.05) is 35.7 Å². The lowest BCUT2D eigenvalue weighted by molar-refractivity contribution is -0.138. The van der Waals surface area contributed by atoms with Gasteiger partial charge in [-0.1, -0.05) is 30.4 Å². The first-order valence-corrected chi connectivity index (χ1v) is 11.9. The van der Waals surface area contributed by atoms with Crippen molar-refractivity contribution in [2.45, 2.75) is 31.9 Å². The number of thiocarbonyl (C=S) groups is 1. The zero-order valence-corrected chi connectivity index (χ0v) is 20.5.